The Labute approximate surface area is 124 Å². The number of phenolic OH excluding ortho intramolecular Hbond substituents is 1. The van der Waals surface area contributed by atoms with Crippen LogP contribution in [0.1, 0.15) is 0 Å². The summed E-state index contributed by atoms with van der Waals surface area (Å²) in [4.78, 5) is 0. The van der Waals surface area contributed by atoms with Crippen LogP contribution in [0, 0.1) is 0 Å². The maximum absolute atomic E-state index is 9.72. The molecule has 0 saturated heterocycles. The van der Waals surface area contributed by atoms with Crippen LogP contribution < -0.4 is 10.4 Å². The van der Waals surface area contributed by atoms with Crippen molar-refractivity contribution in [2.24, 2.45) is 0 Å². The third kappa shape index (κ3) is 3.15. The highest BCUT2D eigenvalue weighted by atomic mass is 16.3. The summed E-state index contributed by atoms with van der Waals surface area (Å²) < 4.78 is 0. The van der Waals surface area contributed by atoms with Gasteiger partial charge in [0.15, 0.2) is 0 Å². The highest BCUT2D eigenvalue weighted by Gasteiger charge is 2.09. The van der Waals surface area contributed by atoms with Gasteiger partial charge in [-0.2, -0.15) is 0 Å². The third-order valence-corrected chi connectivity index (χ3v) is 3.12. The molecule has 3 rings (SSSR count). The first-order valence-electron chi connectivity index (χ1n) is 6.79. The molecule has 0 aliphatic rings. The van der Waals surface area contributed by atoms with Crippen molar-refractivity contribution in [1.82, 2.24) is 0 Å². The molecule has 3 aromatic rings. The first-order valence-corrected chi connectivity index (χ1v) is 6.79. The van der Waals surface area contributed by atoms with E-state index in [-0.39, 0.29) is 5.75 Å². The summed E-state index contributed by atoms with van der Waals surface area (Å²) in [5, 5.41) is 11.7. The number of hydrazine groups is 1. The van der Waals surface area contributed by atoms with Gasteiger partial charge in [0.2, 0.25) is 0 Å². The Kier molecular flexibility index (Phi) is 3.74. The maximum Gasteiger partial charge on any atom is 0.117 e. The van der Waals surface area contributed by atoms with Gasteiger partial charge in [-0.1, -0.05) is 42.5 Å². The number of aromatic hydroxyl groups is 1. The van der Waals surface area contributed by atoms with Crippen LogP contribution in [0.5, 0.6) is 5.75 Å². The molecular formula is C18H16N2O. The van der Waals surface area contributed by atoms with Gasteiger partial charge in [-0.3, -0.25) is 10.4 Å². The molecule has 3 aromatic carbocycles. The van der Waals surface area contributed by atoms with Crippen LogP contribution in [0.25, 0.3) is 0 Å². The number of para-hydroxylation sites is 2. The van der Waals surface area contributed by atoms with Gasteiger partial charge >= 0.3 is 0 Å². The van der Waals surface area contributed by atoms with Crippen LogP contribution in [0.2, 0.25) is 0 Å². The Balaban J connectivity index is 1.99. The number of rotatable bonds is 4. The van der Waals surface area contributed by atoms with Crippen molar-refractivity contribution >= 4 is 17.1 Å². The lowest BCUT2D eigenvalue weighted by Crippen LogP contribution is -2.24. The predicted octanol–water partition coefficient (Wildman–Crippen LogP) is 4.56. The van der Waals surface area contributed by atoms with Crippen molar-refractivity contribution in [2.45, 2.75) is 0 Å². The Hall–Kier alpha value is -2.94. The number of anilines is 3. The second-order valence-electron chi connectivity index (χ2n) is 4.67. The van der Waals surface area contributed by atoms with E-state index >= 15 is 0 Å². The standard InChI is InChI=1S/C18H16N2O/c21-18-13-7-12-17(14-18)20(16-10-5-2-6-11-16)19-15-8-3-1-4-9-15/h1-14,19,21H. The number of nitrogens with zero attached hydrogens (tertiary/aromatic N) is 1. The molecule has 0 radical (unpaired) electrons. The van der Waals surface area contributed by atoms with Crippen LogP contribution in [-0.4, -0.2) is 5.11 Å². The van der Waals surface area contributed by atoms with Crippen molar-refractivity contribution < 1.29 is 5.11 Å². The van der Waals surface area contributed by atoms with E-state index in [0.717, 1.165) is 17.1 Å². The van der Waals surface area contributed by atoms with Gasteiger partial charge in [-0.15, -0.1) is 0 Å². The average molecular weight is 276 g/mol. The molecular weight excluding hydrogens is 260 g/mol. The molecule has 0 spiro atoms. The van der Waals surface area contributed by atoms with E-state index in [1.165, 1.54) is 0 Å². The van der Waals surface area contributed by atoms with Crippen LogP contribution >= 0.6 is 0 Å². The van der Waals surface area contributed by atoms with Crippen molar-refractivity contribution in [2.75, 3.05) is 10.4 Å². The molecule has 104 valence electrons. The Morgan fingerprint density at radius 3 is 1.95 bits per heavy atom. The van der Waals surface area contributed by atoms with E-state index in [1.807, 2.05) is 77.8 Å². The molecule has 0 amide bonds. The average Bonchev–Trinajstić information content (AvgIpc) is 2.54. The Morgan fingerprint density at radius 2 is 1.29 bits per heavy atom. The number of phenols is 1. The van der Waals surface area contributed by atoms with Crippen molar-refractivity contribution in [3.63, 3.8) is 0 Å². The lowest BCUT2D eigenvalue weighted by Gasteiger charge is -2.26. The quantitative estimate of drug-likeness (QED) is 0.686. The highest BCUT2D eigenvalue weighted by Crippen LogP contribution is 2.28. The summed E-state index contributed by atoms with van der Waals surface area (Å²) in [6, 6.07) is 27.1. The smallest absolute Gasteiger partial charge is 0.117 e. The number of hydrogen-bond acceptors (Lipinski definition) is 3. The molecule has 0 atom stereocenters. The molecule has 0 aliphatic heterocycles. The largest absolute Gasteiger partial charge is 0.508 e. The molecule has 0 saturated carbocycles. The lowest BCUT2D eigenvalue weighted by atomic mass is 10.2. The van der Waals surface area contributed by atoms with Gasteiger partial charge in [-0.05, 0) is 36.4 Å². The van der Waals surface area contributed by atoms with Gasteiger partial charge in [0, 0.05) is 6.07 Å². The second kappa shape index (κ2) is 6.01. The number of nitrogens with one attached hydrogen (secondary N) is 1. The first kappa shape index (κ1) is 13.1. The molecule has 21 heavy (non-hydrogen) atoms. The summed E-state index contributed by atoms with van der Waals surface area (Å²) in [7, 11) is 0. The van der Waals surface area contributed by atoms with Gasteiger partial charge in [0.1, 0.15) is 5.75 Å². The number of hydrogen-bond donors (Lipinski definition) is 2. The topological polar surface area (TPSA) is 35.5 Å². The number of benzene rings is 3. The summed E-state index contributed by atoms with van der Waals surface area (Å²) >= 11 is 0. The van der Waals surface area contributed by atoms with Crippen molar-refractivity contribution in [3.8, 4) is 5.75 Å². The minimum absolute atomic E-state index is 0.239. The zero-order valence-electron chi connectivity index (χ0n) is 11.5. The van der Waals surface area contributed by atoms with E-state index in [0.29, 0.717) is 0 Å². The summed E-state index contributed by atoms with van der Waals surface area (Å²) in [6.07, 6.45) is 0. The van der Waals surface area contributed by atoms with Gasteiger partial charge in [0.05, 0.1) is 17.1 Å². The third-order valence-electron chi connectivity index (χ3n) is 3.12. The van der Waals surface area contributed by atoms with Gasteiger partial charge < -0.3 is 5.11 Å². The fraction of sp³-hybridized carbons (Fsp3) is 0. The molecule has 0 heterocycles. The SMILES string of the molecule is Oc1cccc(N(Nc2ccccc2)c2ccccc2)c1. The molecule has 3 nitrogen and oxygen atoms in total. The van der Waals surface area contributed by atoms with E-state index in [2.05, 4.69) is 5.43 Å². The molecule has 0 fully saturated rings. The van der Waals surface area contributed by atoms with Crippen molar-refractivity contribution in [1.29, 1.82) is 0 Å². The minimum atomic E-state index is 0.239. The molecule has 0 aliphatic carbocycles. The van der Waals surface area contributed by atoms with Crippen LogP contribution in [-0.2, 0) is 0 Å². The zero-order valence-corrected chi connectivity index (χ0v) is 11.5. The van der Waals surface area contributed by atoms with E-state index < -0.39 is 0 Å². The monoisotopic (exact) mass is 276 g/mol. The van der Waals surface area contributed by atoms with E-state index in [9.17, 15) is 5.11 Å². The molecule has 0 unspecified atom stereocenters. The minimum Gasteiger partial charge on any atom is -0.508 e. The first-order chi connectivity index (χ1) is 10.3. The summed E-state index contributed by atoms with van der Waals surface area (Å²) in [5.41, 5.74) is 6.20. The normalized spacial score (nSPS) is 10.1. The van der Waals surface area contributed by atoms with E-state index in [1.54, 1.807) is 12.1 Å². The lowest BCUT2D eigenvalue weighted by molar-refractivity contribution is 0.475. The highest BCUT2D eigenvalue weighted by molar-refractivity contribution is 5.69. The Bertz CT molecular complexity index is 699. The second-order valence-corrected chi connectivity index (χ2v) is 4.67. The van der Waals surface area contributed by atoms with Crippen LogP contribution in [0.4, 0.5) is 17.1 Å². The fourth-order valence-electron chi connectivity index (χ4n) is 2.13. The molecule has 0 bridgehead atoms. The fourth-order valence-corrected chi connectivity index (χ4v) is 2.13. The predicted molar refractivity (Wildman–Crippen MR) is 86.8 cm³/mol. The Morgan fingerprint density at radius 1 is 0.667 bits per heavy atom. The van der Waals surface area contributed by atoms with Crippen LogP contribution in [0.3, 0.4) is 0 Å². The summed E-state index contributed by atoms with van der Waals surface area (Å²) in [6.45, 7) is 0. The van der Waals surface area contributed by atoms with Crippen LogP contribution in [0.15, 0.2) is 84.9 Å². The molecule has 2 N–H and O–H groups in total. The maximum atomic E-state index is 9.72. The molecule has 3 heteroatoms. The zero-order chi connectivity index (χ0) is 14.5. The van der Waals surface area contributed by atoms with Gasteiger partial charge in [-0.25, -0.2) is 0 Å². The van der Waals surface area contributed by atoms with Crippen molar-refractivity contribution in [3.05, 3.63) is 84.9 Å². The summed E-state index contributed by atoms with van der Waals surface area (Å²) in [5.74, 6) is 0.239. The van der Waals surface area contributed by atoms with E-state index in [4.69, 9.17) is 0 Å². The van der Waals surface area contributed by atoms with Gasteiger partial charge in [0.25, 0.3) is 0 Å². The molecule has 0 aromatic heterocycles.